The minimum absolute atomic E-state index is 0.826. The van der Waals surface area contributed by atoms with Gasteiger partial charge < -0.3 is 0 Å². The molecular formula is C32H28Cl2N2SiZr+2. The van der Waals surface area contributed by atoms with Gasteiger partial charge in [-0.25, -0.2) is 0 Å². The van der Waals surface area contributed by atoms with E-state index in [0.717, 1.165) is 11.4 Å². The molecule has 38 heavy (non-hydrogen) atoms. The first-order valence-corrected chi connectivity index (χ1v) is 21.9. The normalized spacial score (nSPS) is 21.9. The zero-order valence-electron chi connectivity index (χ0n) is 21.9. The van der Waals surface area contributed by atoms with Crippen molar-refractivity contribution < 1.29 is 20.8 Å². The first-order valence-electron chi connectivity index (χ1n) is 12.6. The van der Waals surface area contributed by atoms with E-state index in [2.05, 4.69) is 110 Å². The summed E-state index contributed by atoms with van der Waals surface area (Å²) < 4.78 is 0. The summed E-state index contributed by atoms with van der Waals surface area (Å²) in [5, 5.41) is 0. The fraction of sp³-hybridized carbons (Fsp3) is 0.125. The first-order chi connectivity index (χ1) is 18.4. The van der Waals surface area contributed by atoms with Gasteiger partial charge in [-0.1, -0.05) is 75.5 Å². The van der Waals surface area contributed by atoms with Crippen LogP contribution in [0.25, 0.3) is 11.1 Å². The van der Waals surface area contributed by atoms with Crippen molar-refractivity contribution in [3.05, 3.63) is 156 Å². The van der Waals surface area contributed by atoms with E-state index in [1.165, 1.54) is 57.7 Å². The summed E-state index contributed by atoms with van der Waals surface area (Å²) in [5.41, 5.74) is 7.55. The van der Waals surface area contributed by atoms with E-state index in [1.807, 2.05) is 24.5 Å². The molecule has 0 bridgehead atoms. The Morgan fingerprint density at radius 1 is 0.658 bits per heavy atom. The number of hydrogen-bond donors (Lipinski definition) is 0. The molecule has 0 atom stereocenters. The van der Waals surface area contributed by atoms with E-state index in [-0.39, 0.29) is 0 Å². The molecule has 4 aliphatic rings. The zero-order chi connectivity index (χ0) is 26.9. The van der Waals surface area contributed by atoms with Crippen LogP contribution in [0.15, 0.2) is 85.2 Å². The molecule has 0 amide bonds. The molecule has 0 N–H and O–H groups in total. The van der Waals surface area contributed by atoms with E-state index in [4.69, 9.17) is 17.0 Å². The first kappa shape index (κ1) is 28.5. The summed E-state index contributed by atoms with van der Waals surface area (Å²) >= 11 is -0.826. The van der Waals surface area contributed by atoms with E-state index in [0.29, 0.717) is 0 Å². The van der Waals surface area contributed by atoms with Gasteiger partial charge in [-0.15, -0.1) is 0 Å². The number of pyridine rings is 2. The summed E-state index contributed by atoms with van der Waals surface area (Å²) in [4.78, 5) is 9.30. The number of hydrogen-bond acceptors (Lipinski definition) is 2. The van der Waals surface area contributed by atoms with Crippen LogP contribution < -0.4 is 0 Å². The average molecular weight is 631 g/mol. The Balaban J connectivity index is 0.000000937. The summed E-state index contributed by atoms with van der Waals surface area (Å²) in [5.74, 6) is 8.13. The Kier molecular flexibility index (Phi) is 9.15. The van der Waals surface area contributed by atoms with Gasteiger partial charge in [-0.05, 0) is 71.2 Å². The zero-order valence-corrected chi connectivity index (χ0v) is 26.9. The molecule has 0 spiro atoms. The van der Waals surface area contributed by atoms with Gasteiger partial charge in [-0.2, -0.15) is 0 Å². The number of nitrogens with zero attached hydrogens (tertiary/aromatic N) is 2. The summed E-state index contributed by atoms with van der Waals surface area (Å²) in [6, 6.07) is 12.3. The average Bonchev–Trinajstić information content (AvgIpc) is 3.46. The van der Waals surface area contributed by atoms with Crippen molar-refractivity contribution >= 4 is 36.2 Å². The van der Waals surface area contributed by atoms with Crippen molar-refractivity contribution in [2.45, 2.75) is 26.9 Å². The molecule has 6 rings (SSSR count). The van der Waals surface area contributed by atoms with E-state index in [1.54, 1.807) is 0 Å². The molecule has 0 aromatic carbocycles. The number of rotatable bonds is 4. The predicted octanol–water partition coefficient (Wildman–Crippen LogP) is 8.32. The Labute approximate surface area is 248 Å². The van der Waals surface area contributed by atoms with Crippen molar-refractivity contribution in [2.24, 2.45) is 0 Å². The van der Waals surface area contributed by atoms with Gasteiger partial charge in [-0.3, -0.25) is 9.97 Å². The maximum atomic E-state index is 4.93. The van der Waals surface area contributed by atoms with Crippen LogP contribution in [-0.2, 0) is 20.8 Å². The molecule has 0 aliphatic heterocycles. The third kappa shape index (κ3) is 5.32. The van der Waals surface area contributed by atoms with E-state index in [9.17, 15) is 0 Å². The van der Waals surface area contributed by atoms with Gasteiger partial charge >= 0.3 is 37.9 Å². The number of aromatic nitrogens is 2. The number of halogens is 2. The topological polar surface area (TPSA) is 25.8 Å². The molecular weight excluding hydrogens is 603 g/mol. The molecule has 2 nitrogen and oxygen atoms in total. The predicted molar refractivity (Wildman–Crippen MR) is 158 cm³/mol. The summed E-state index contributed by atoms with van der Waals surface area (Å²) in [6.45, 7) is 9.59. The molecule has 2 fully saturated rings. The van der Waals surface area contributed by atoms with Crippen LogP contribution in [0, 0.1) is 59.4 Å². The molecule has 0 unspecified atom stereocenters. The SMILES string of the molecule is C[C]1[CH][C]2[C](C=CC=C2c2ccccn2)[C]1[Si](C)(C)[C]1[C](C)[CH][C]2[C]1C=CC=C2c1ccccn1.[Cl][Zr+2][Cl]. The molecule has 2 saturated carbocycles. The molecule has 186 valence electrons. The Morgan fingerprint density at radius 3 is 1.45 bits per heavy atom. The Morgan fingerprint density at radius 2 is 1.08 bits per heavy atom. The van der Waals surface area contributed by atoms with Crippen LogP contribution in [0.3, 0.4) is 0 Å². The second kappa shape index (κ2) is 12.2. The van der Waals surface area contributed by atoms with Crippen LogP contribution >= 0.6 is 17.0 Å². The maximum absolute atomic E-state index is 4.93. The van der Waals surface area contributed by atoms with Gasteiger partial charge in [0.15, 0.2) is 0 Å². The van der Waals surface area contributed by atoms with Crippen molar-refractivity contribution in [1.29, 1.82) is 0 Å². The molecule has 10 radical (unpaired) electrons. The summed E-state index contributed by atoms with van der Waals surface area (Å²) in [6.07, 6.45) is 21.9. The van der Waals surface area contributed by atoms with Crippen LogP contribution in [-0.4, -0.2) is 18.0 Å². The van der Waals surface area contributed by atoms with Crippen LogP contribution in [0.5, 0.6) is 0 Å². The van der Waals surface area contributed by atoms with Gasteiger partial charge in [0.05, 0.1) is 19.5 Å². The third-order valence-corrected chi connectivity index (χ3v) is 11.2. The van der Waals surface area contributed by atoms with Crippen molar-refractivity contribution in [3.63, 3.8) is 0 Å². The minimum atomic E-state index is -2.06. The van der Waals surface area contributed by atoms with E-state index >= 15 is 0 Å². The molecule has 0 saturated heterocycles. The molecule has 2 heterocycles. The molecule has 2 aromatic rings. The third-order valence-electron chi connectivity index (χ3n) is 7.39. The Hall–Kier alpha value is -1.06. The number of allylic oxidation sites excluding steroid dienone is 8. The van der Waals surface area contributed by atoms with Crippen molar-refractivity contribution in [2.75, 3.05) is 0 Å². The second-order valence-electron chi connectivity index (χ2n) is 10.1. The quantitative estimate of drug-likeness (QED) is 0.318. The Bertz CT molecular complexity index is 1130. The van der Waals surface area contributed by atoms with Gasteiger partial charge in [0.2, 0.25) is 0 Å². The second-order valence-corrected chi connectivity index (χ2v) is 18.0. The molecule has 4 aliphatic carbocycles. The summed E-state index contributed by atoms with van der Waals surface area (Å²) in [7, 11) is 7.81. The monoisotopic (exact) mass is 628 g/mol. The van der Waals surface area contributed by atoms with Crippen LogP contribution in [0.4, 0.5) is 0 Å². The van der Waals surface area contributed by atoms with E-state index < -0.39 is 28.9 Å². The number of fused-ring (bicyclic) bond motifs is 2. The standard InChI is InChI=1S/C32H28N2Si.2ClH.Zr/c1-21-19-27-23(29-15-5-7-17-33-29)11-9-13-25(27)31(21)35(3,4)32-22(2)20-28-24(12-10-14-26(28)32)30-16-6-8-18-34-30;;;/h5-20H,1-4H3;2*1H;/q;;;+4/p-2. The van der Waals surface area contributed by atoms with Crippen molar-refractivity contribution in [1.82, 2.24) is 9.97 Å². The van der Waals surface area contributed by atoms with Crippen molar-refractivity contribution in [3.8, 4) is 0 Å². The van der Waals surface area contributed by atoms with Gasteiger partial charge in [0, 0.05) is 36.1 Å². The van der Waals surface area contributed by atoms with Gasteiger partial charge in [0.1, 0.15) is 0 Å². The van der Waals surface area contributed by atoms with Gasteiger partial charge in [0.25, 0.3) is 0 Å². The molecule has 2 aromatic heterocycles. The fourth-order valence-electron chi connectivity index (χ4n) is 6.15. The molecule has 6 heteroatoms. The fourth-order valence-corrected chi connectivity index (χ4v) is 10.3. The van der Waals surface area contributed by atoms with Crippen LogP contribution in [0.2, 0.25) is 13.1 Å². The van der Waals surface area contributed by atoms with Crippen LogP contribution in [0.1, 0.15) is 25.2 Å².